The number of methoxy groups -OCH3 is 1. The van der Waals surface area contributed by atoms with Crippen molar-refractivity contribution in [3.8, 4) is 11.5 Å². The molecular formula is C15H21ClF3NO2. The normalized spacial score (nSPS) is 18.5. The second-order valence-corrected chi connectivity index (χ2v) is 5.06. The Morgan fingerprint density at radius 1 is 1.27 bits per heavy atom. The van der Waals surface area contributed by atoms with E-state index in [1.807, 2.05) is 0 Å². The van der Waals surface area contributed by atoms with Gasteiger partial charge in [-0.2, -0.15) is 13.2 Å². The lowest BCUT2D eigenvalue weighted by atomic mass is 9.90. The van der Waals surface area contributed by atoms with E-state index in [9.17, 15) is 13.2 Å². The number of rotatable bonds is 4. The quantitative estimate of drug-likeness (QED) is 0.899. The van der Waals surface area contributed by atoms with E-state index in [1.165, 1.54) is 13.2 Å². The molecule has 0 unspecified atom stereocenters. The third-order valence-electron chi connectivity index (χ3n) is 3.67. The summed E-state index contributed by atoms with van der Waals surface area (Å²) in [7, 11) is 1.26. The van der Waals surface area contributed by atoms with Crippen LogP contribution in [-0.4, -0.2) is 26.8 Å². The van der Waals surface area contributed by atoms with Gasteiger partial charge in [-0.15, -0.1) is 12.4 Å². The zero-order chi connectivity index (χ0) is 15.5. The Labute approximate surface area is 134 Å². The van der Waals surface area contributed by atoms with Gasteiger partial charge in [0.15, 0.2) is 0 Å². The Bertz CT molecular complexity index is 488. The summed E-state index contributed by atoms with van der Waals surface area (Å²) in [6, 6.07) is 2.54. The molecule has 1 aliphatic heterocycles. The van der Waals surface area contributed by atoms with Gasteiger partial charge in [0.2, 0.25) is 0 Å². The maximum Gasteiger partial charge on any atom is 0.420 e. The van der Waals surface area contributed by atoms with Crippen molar-refractivity contribution in [1.29, 1.82) is 0 Å². The van der Waals surface area contributed by atoms with Crippen molar-refractivity contribution in [2.45, 2.75) is 31.9 Å². The smallest absolute Gasteiger partial charge is 0.420 e. The van der Waals surface area contributed by atoms with E-state index in [4.69, 9.17) is 9.47 Å². The van der Waals surface area contributed by atoms with E-state index >= 15 is 0 Å². The second-order valence-electron chi connectivity index (χ2n) is 5.06. The highest BCUT2D eigenvalue weighted by Gasteiger charge is 2.36. The maximum atomic E-state index is 13.1. The summed E-state index contributed by atoms with van der Waals surface area (Å²) >= 11 is 0. The lowest BCUT2D eigenvalue weighted by molar-refractivity contribution is -0.138. The Hall–Kier alpha value is -1.14. The van der Waals surface area contributed by atoms with Crippen LogP contribution >= 0.6 is 12.4 Å². The lowest BCUT2D eigenvalue weighted by Gasteiger charge is -2.26. The van der Waals surface area contributed by atoms with Crippen LogP contribution in [0, 0.1) is 0 Å². The molecule has 0 aromatic heterocycles. The number of piperidine rings is 1. The van der Waals surface area contributed by atoms with E-state index in [-0.39, 0.29) is 24.1 Å². The number of benzene rings is 1. The average Bonchev–Trinajstić information content (AvgIpc) is 2.47. The van der Waals surface area contributed by atoms with Crippen molar-refractivity contribution < 1.29 is 22.6 Å². The Kier molecular flexibility index (Phi) is 6.81. The summed E-state index contributed by atoms with van der Waals surface area (Å²) in [5.41, 5.74) is -0.00475. The first kappa shape index (κ1) is 18.9. The minimum Gasteiger partial charge on any atom is -0.496 e. The van der Waals surface area contributed by atoms with Crippen LogP contribution in [-0.2, 0) is 6.18 Å². The number of halogens is 4. The standard InChI is InChI=1S/C15H20F3NO2.ClH/c1-3-21-13-8-12(15(16,17)18)14(20-2)7-11(13)10-5-4-6-19-9-10;/h7-8,10,19H,3-6,9H2,1-2H3;1H/t10-;/m0./s1. The fourth-order valence-electron chi connectivity index (χ4n) is 2.68. The van der Waals surface area contributed by atoms with Gasteiger partial charge in [-0.3, -0.25) is 0 Å². The number of alkyl halides is 3. The second kappa shape index (κ2) is 7.92. The molecule has 1 aromatic rings. The third kappa shape index (κ3) is 4.20. The highest BCUT2D eigenvalue weighted by molar-refractivity contribution is 5.85. The number of nitrogens with one attached hydrogen (secondary N) is 1. The van der Waals surface area contributed by atoms with Crippen molar-refractivity contribution in [2.24, 2.45) is 0 Å². The summed E-state index contributed by atoms with van der Waals surface area (Å²) in [6.07, 6.45) is -2.53. The molecule has 22 heavy (non-hydrogen) atoms. The molecule has 7 heteroatoms. The molecule has 1 heterocycles. The summed E-state index contributed by atoms with van der Waals surface area (Å²) in [5, 5.41) is 3.27. The van der Waals surface area contributed by atoms with Crippen LogP contribution in [0.3, 0.4) is 0 Å². The van der Waals surface area contributed by atoms with Crippen LogP contribution < -0.4 is 14.8 Å². The van der Waals surface area contributed by atoms with Crippen molar-refractivity contribution in [3.63, 3.8) is 0 Å². The fraction of sp³-hybridized carbons (Fsp3) is 0.600. The van der Waals surface area contributed by atoms with Crippen molar-refractivity contribution in [3.05, 3.63) is 23.3 Å². The molecule has 1 aliphatic rings. The summed E-state index contributed by atoms with van der Waals surface area (Å²) in [5.74, 6) is 0.308. The maximum absolute atomic E-state index is 13.1. The highest BCUT2D eigenvalue weighted by atomic mass is 35.5. The van der Waals surface area contributed by atoms with Crippen LogP contribution in [0.15, 0.2) is 12.1 Å². The van der Waals surface area contributed by atoms with Crippen LogP contribution in [0.2, 0.25) is 0 Å². The first-order chi connectivity index (χ1) is 9.97. The predicted octanol–water partition coefficient (Wildman–Crippen LogP) is 4.00. The van der Waals surface area contributed by atoms with Gasteiger partial charge in [-0.25, -0.2) is 0 Å². The van der Waals surface area contributed by atoms with Crippen LogP contribution in [0.5, 0.6) is 11.5 Å². The van der Waals surface area contributed by atoms with Gasteiger partial charge < -0.3 is 14.8 Å². The number of hydrogen-bond donors (Lipinski definition) is 1. The largest absolute Gasteiger partial charge is 0.496 e. The minimum absolute atomic E-state index is 0. The fourth-order valence-corrected chi connectivity index (χ4v) is 2.68. The number of hydrogen-bond acceptors (Lipinski definition) is 3. The zero-order valence-electron chi connectivity index (χ0n) is 12.6. The molecule has 0 aliphatic carbocycles. The SMILES string of the molecule is CCOc1cc(C(F)(F)F)c(OC)cc1[C@H]1CCCNC1.Cl. The molecular weight excluding hydrogens is 319 g/mol. The van der Waals surface area contributed by atoms with Crippen LogP contribution in [0.1, 0.15) is 36.8 Å². The molecule has 0 radical (unpaired) electrons. The van der Waals surface area contributed by atoms with E-state index in [1.54, 1.807) is 6.92 Å². The molecule has 3 nitrogen and oxygen atoms in total. The first-order valence-corrected chi connectivity index (χ1v) is 7.10. The van der Waals surface area contributed by atoms with E-state index in [2.05, 4.69) is 5.32 Å². The molecule has 0 saturated carbocycles. The number of ether oxygens (including phenoxy) is 2. The molecule has 126 valence electrons. The summed E-state index contributed by atoms with van der Waals surface area (Å²) in [4.78, 5) is 0. The average molecular weight is 340 g/mol. The minimum atomic E-state index is -4.46. The first-order valence-electron chi connectivity index (χ1n) is 7.10. The van der Waals surface area contributed by atoms with Gasteiger partial charge in [-0.1, -0.05) is 0 Å². The van der Waals surface area contributed by atoms with Crippen molar-refractivity contribution >= 4 is 12.4 Å². The molecule has 1 N–H and O–H groups in total. The topological polar surface area (TPSA) is 30.5 Å². The van der Waals surface area contributed by atoms with Gasteiger partial charge in [0.25, 0.3) is 0 Å². The van der Waals surface area contributed by atoms with Crippen LogP contribution in [0.25, 0.3) is 0 Å². The zero-order valence-corrected chi connectivity index (χ0v) is 13.4. The summed E-state index contributed by atoms with van der Waals surface area (Å²) < 4.78 is 49.6. The van der Waals surface area contributed by atoms with Gasteiger partial charge in [0.1, 0.15) is 17.1 Å². The van der Waals surface area contributed by atoms with E-state index in [0.29, 0.717) is 12.4 Å². The van der Waals surface area contributed by atoms with Gasteiger partial charge in [0.05, 0.1) is 13.7 Å². The van der Waals surface area contributed by atoms with Gasteiger partial charge in [0, 0.05) is 18.0 Å². The van der Waals surface area contributed by atoms with Crippen molar-refractivity contribution in [1.82, 2.24) is 5.32 Å². The Balaban J connectivity index is 0.00000242. The molecule has 2 rings (SSSR count). The monoisotopic (exact) mass is 339 g/mol. The molecule has 0 amide bonds. The molecule has 0 bridgehead atoms. The van der Waals surface area contributed by atoms with Gasteiger partial charge >= 0.3 is 6.18 Å². The summed E-state index contributed by atoms with van der Waals surface area (Å²) in [6.45, 7) is 3.78. The van der Waals surface area contributed by atoms with Gasteiger partial charge in [-0.05, 0) is 38.4 Å². The Morgan fingerprint density at radius 2 is 2.00 bits per heavy atom. The molecule has 1 atom stereocenters. The van der Waals surface area contributed by atoms with E-state index in [0.717, 1.165) is 37.6 Å². The molecule has 1 saturated heterocycles. The highest BCUT2D eigenvalue weighted by Crippen LogP contribution is 2.43. The third-order valence-corrected chi connectivity index (χ3v) is 3.67. The molecule has 0 spiro atoms. The van der Waals surface area contributed by atoms with E-state index < -0.39 is 11.7 Å². The van der Waals surface area contributed by atoms with Crippen molar-refractivity contribution in [2.75, 3.05) is 26.8 Å². The van der Waals surface area contributed by atoms with Crippen LogP contribution in [0.4, 0.5) is 13.2 Å². The predicted molar refractivity (Wildman–Crippen MR) is 81.3 cm³/mol. The molecule has 1 fully saturated rings. The molecule has 1 aromatic carbocycles. The Morgan fingerprint density at radius 3 is 2.50 bits per heavy atom. The lowest BCUT2D eigenvalue weighted by Crippen LogP contribution is -2.28.